The molecule has 0 spiro atoms. The number of aryl methyl sites for hydroxylation is 2. The van der Waals surface area contributed by atoms with Gasteiger partial charge in [0.2, 0.25) is 11.8 Å². The monoisotopic (exact) mass is 518 g/mol. The summed E-state index contributed by atoms with van der Waals surface area (Å²) in [6.45, 7) is 6.72. The van der Waals surface area contributed by atoms with Gasteiger partial charge in [-0.2, -0.15) is 0 Å². The number of carbonyl (C=O) groups is 3. The fraction of sp³-hybridized carbons (Fsp3) is 0.310. The van der Waals surface area contributed by atoms with Crippen molar-refractivity contribution in [2.45, 2.75) is 46.6 Å². The van der Waals surface area contributed by atoms with E-state index in [9.17, 15) is 24.3 Å². The normalized spacial score (nSPS) is 12.8. The highest BCUT2D eigenvalue weighted by atomic mass is 16.4. The minimum absolute atomic E-state index is 0.182. The molecule has 2 aromatic heterocycles. The van der Waals surface area contributed by atoms with Gasteiger partial charge >= 0.3 is 11.6 Å². The van der Waals surface area contributed by atoms with Gasteiger partial charge in [-0.1, -0.05) is 50.6 Å². The van der Waals surface area contributed by atoms with Crippen molar-refractivity contribution < 1.29 is 28.3 Å². The van der Waals surface area contributed by atoms with Gasteiger partial charge in [-0.3, -0.25) is 9.59 Å². The Labute approximate surface area is 218 Å². The number of carboxylic acids is 1. The number of rotatable bonds is 9. The molecule has 0 fully saturated rings. The van der Waals surface area contributed by atoms with Gasteiger partial charge in [0, 0.05) is 21.9 Å². The third-order valence-corrected chi connectivity index (χ3v) is 7.01. The molecular weight excluding hydrogens is 488 g/mol. The Morgan fingerprint density at radius 3 is 2.37 bits per heavy atom. The highest BCUT2D eigenvalue weighted by molar-refractivity contribution is 6.05. The van der Waals surface area contributed by atoms with Crippen molar-refractivity contribution >= 4 is 39.7 Å². The first-order valence-corrected chi connectivity index (χ1v) is 12.4. The summed E-state index contributed by atoms with van der Waals surface area (Å²) in [5.41, 5.74) is 3.71. The van der Waals surface area contributed by atoms with E-state index in [0.29, 0.717) is 34.1 Å². The zero-order valence-corrected chi connectivity index (χ0v) is 21.7. The van der Waals surface area contributed by atoms with Gasteiger partial charge in [-0.25, -0.2) is 9.59 Å². The molecule has 2 aromatic carbocycles. The van der Waals surface area contributed by atoms with Gasteiger partial charge in [0.25, 0.3) is 0 Å². The zero-order valence-electron chi connectivity index (χ0n) is 21.7. The number of benzene rings is 2. The summed E-state index contributed by atoms with van der Waals surface area (Å²) in [6.07, 6.45) is 1.95. The molecule has 0 aliphatic rings. The lowest BCUT2D eigenvalue weighted by atomic mass is 9.97. The van der Waals surface area contributed by atoms with Crippen LogP contribution in [-0.2, 0) is 20.8 Å². The highest BCUT2D eigenvalue weighted by Gasteiger charge is 2.25. The molecule has 9 heteroatoms. The van der Waals surface area contributed by atoms with Gasteiger partial charge in [-0.15, -0.1) is 0 Å². The molecule has 3 N–H and O–H groups in total. The fourth-order valence-electron chi connectivity index (χ4n) is 4.55. The number of hydrogen-bond acceptors (Lipinski definition) is 6. The van der Waals surface area contributed by atoms with Crippen molar-refractivity contribution in [1.82, 2.24) is 10.6 Å². The Morgan fingerprint density at radius 2 is 1.71 bits per heavy atom. The Hall–Kier alpha value is -4.40. The summed E-state index contributed by atoms with van der Waals surface area (Å²) in [7, 11) is 0. The first-order chi connectivity index (χ1) is 18.1. The van der Waals surface area contributed by atoms with E-state index in [1.54, 1.807) is 20.1 Å². The molecule has 0 bridgehead atoms. The Balaban J connectivity index is 1.58. The molecule has 4 aromatic rings. The number of furan rings is 1. The zero-order chi connectivity index (χ0) is 27.6. The van der Waals surface area contributed by atoms with E-state index in [1.165, 1.54) is 0 Å². The molecule has 2 atom stereocenters. The third-order valence-electron chi connectivity index (χ3n) is 7.01. The maximum absolute atomic E-state index is 12.8. The molecule has 0 saturated heterocycles. The Bertz CT molecular complexity index is 1580. The van der Waals surface area contributed by atoms with E-state index in [1.807, 2.05) is 50.2 Å². The summed E-state index contributed by atoms with van der Waals surface area (Å²) in [5.74, 6) is -2.60. The van der Waals surface area contributed by atoms with E-state index in [0.717, 1.165) is 16.5 Å². The molecule has 38 heavy (non-hydrogen) atoms. The van der Waals surface area contributed by atoms with Gasteiger partial charge in [0.05, 0.1) is 24.8 Å². The van der Waals surface area contributed by atoms with Gasteiger partial charge in [-0.05, 0) is 37.0 Å². The van der Waals surface area contributed by atoms with Crippen LogP contribution in [0.1, 0.15) is 37.0 Å². The molecule has 4 rings (SSSR count). The van der Waals surface area contributed by atoms with Crippen LogP contribution in [-0.4, -0.2) is 35.5 Å². The predicted octanol–water partition coefficient (Wildman–Crippen LogP) is 4.10. The number of fused-ring (bicyclic) bond motifs is 2. The standard InChI is InChI=1S/C29H30N2O7/c1-5-15(2)25(28(34)35)31-24(33)13-30-23(32)12-20-16(3)19-11-21-22(18-9-7-6-8-10-18)14-37-26(21)17(4)27(19)38-29(20)36/h6-11,14-15,25H,5,12-13H2,1-4H3,(H,30,32)(H,31,33)(H,34,35). The van der Waals surface area contributed by atoms with Crippen LogP contribution in [0.5, 0.6) is 0 Å². The lowest BCUT2D eigenvalue weighted by molar-refractivity contribution is -0.143. The molecule has 198 valence electrons. The number of aliphatic carboxylic acids is 1. The quantitative estimate of drug-likeness (QED) is 0.284. The molecular formula is C29H30N2O7. The SMILES string of the molecule is CCC(C)C(NC(=O)CNC(=O)Cc1c(C)c2cc3c(-c4ccccc4)coc3c(C)c2oc1=O)C(=O)O. The van der Waals surface area contributed by atoms with Crippen LogP contribution in [0.25, 0.3) is 33.1 Å². The van der Waals surface area contributed by atoms with Crippen LogP contribution in [0.15, 0.2) is 56.3 Å². The molecule has 2 unspecified atom stereocenters. The second-order valence-corrected chi connectivity index (χ2v) is 9.49. The van der Waals surface area contributed by atoms with E-state index >= 15 is 0 Å². The molecule has 2 heterocycles. The van der Waals surface area contributed by atoms with Crippen molar-refractivity contribution in [3.63, 3.8) is 0 Å². The average Bonchev–Trinajstić information content (AvgIpc) is 3.33. The van der Waals surface area contributed by atoms with E-state index in [2.05, 4.69) is 10.6 Å². The maximum Gasteiger partial charge on any atom is 0.340 e. The van der Waals surface area contributed by atoms with E-state index in [4.69, 9.17) is 8.83 Å². The highest BCUT2D eigenvalue weighted by Crippen LogP contribution is 2.37. The van der Waals surface area contributed by atoms with Crippen molar-refractivity contribution in [1.29, 1.82) is 0 Å². The van der Waals surface area contributed by atoms with Gasteiger partial charge < -0.3 is 24.6 Å². The fourth-order valence-corrected chi connectivity index (χ4v) is 4.55. The first-order valence-electron chi connectivity index (χ1n) is 12.4. The second kappa shape index (κ2) is 10.9. The molecule has 0 saturated carbocycles. The van der Waals surface area contributed by atoms with Crippen molar-refractivity contribution in [2.24, 2.45) is 5.92 Å². The topological polar surface area (TPSA) is 139 Å². The minimum Gasteiger partial charge on any atom is -0.480 e. The van der Waals surface area contributed by atoms with Crippen LogP contribution < -0.4 is 16.3 Å². The van der Waals surface area contributed by atoms with Crippen LogP contribution in [0.2, 0.25) is 0 Å². The van der Waals surface area contributed by atoms with Crippen LogP contribution in [0, 0.1) is 19.8 Å². The summed E-state index contributed by atoms with van der Waals surface area (Å²) >= 11 is 0. The van der Waals surface area contributed by atoms with Crippen LogP contribution in [0.4, 0.5) is 0 Å². The Kier molecular flexibility index (Phi) is 7.66. The maximum atomic E-state index is 12.8. The predicted molar refractivity (Wildman–Crippen MR) is 143 cm³/mol. The number of amides is 2. The lowest BCUT2D eigenvalue weighted by Gasteiger charge is -2.20. The van der Waals surface area contributed by atoms with Crippen molar-refractivity contribution in [2.75, 3.05) is 6.54 Å². The summed E-state index contributed by atoms with van der Waals surface area (Å²) < 4.78 is 11.5. The molecule has 2 amide bonds. The number of carbonyl (C=O) groups excluding carboxylic acids is 2. The first kappa shape index (κ1) is 26.7. The number of carboxylic acid groups (broad SMARTS) is 1. The van der Waals surface area contributed by atoms with E-state index < -0.39 is 36.0 Å². The molecule has 0 aliphatic carbocycles. The van der Waals surface area contributed by atoms with Crippen LogP contribution >= 0.6 is 0 Å². The molecule has 0 radical (unpaired) electrons. The van der Waals surface area contributed by atoms with E-state index in [-0.39, 0.29) is 17.9 Å². The van der Waals surface area contributed by atoms with Crippen LogP contribution in [0.3, 0.4) is 0 Å². The Morgan fingerprint density at radius 1 is 1.00 bits per heavy atom. The minimum atomic E-state index is -1.14. The summed E-state index contributed by atoms with van der Waals surface area (Å²) in [6, 6.07) is 10.6. The lowest BCUT2D eigenvalue weighted by Crippen LogP contribution is -2.48. The average molecular weight is 519 g/mol. The summed E-state index contributed by atoms with van der Waals surface area (Å²) in [5, 5.41) is 15.8. The molecule has 9 nitrogen and oxygen atoms in total. The van der Waals surface area contributed by atoms with Crippen molar-refractivity contribution in [3.8, 4) is 11.1 Å². The largest absolute Gasteiger partial charge is 0.480 e. The summed E-state index contributed by atoms with van der Waals surface area (Å²) in [4.78, 5) is 49.2. The number of hydrogen-bond donors (Lipinski definition) is 3. The van der Waals surface area contributed by atoms with Gasteiger partial charge in [0.1, 0.15) is 17.2 Å². The third kappa shape index (κ3) is 5.18. The number of nitrogens with one attached hydrogen (secondary N) is 2. The smallest absolute Gasteiger partial charge is 0.340 e. The second-order valence-electron chi connectivity index (χ2n) is 9.49. The molecule has 0 aliphatic heterocycles. The van der Waals surface area contributed by atoms with Gasteiger partial charge in [0.15, 0.2) is 0 Å². The van der Waals surface area contributed by atoms with Crippen molar-refractivity contribution in [3.05, 3.63) is 69.8 Å².